The lowest BCUT2D eigenvalue weighted by Gasteiger charge is -2.17. The molecule has 0 bridgehead atoms. The molecule has 2 unspecified atom stereocenters. The first-order valence-corrected chi connectivity index (χ1v) is 9.90. The third-order valence-corrected chi connectivity index (χ3v) is 4.92. The quantitative estimate of drug-likeness (QED) is 0.327. The van der Waals surface area contributed by atoms with Gasteiger partial charge in [0.25, 0.3) is 0 Å². The van der Waals surface area contributed by atoms with E-state index in [9.17, 15) is 4.79 Å². The molecule has 23 heavy (non-hydrogen) atoms. The highest BCUT2D eigenvalue weighted by Gasteiger charge is 2.32. The van der Waals surface area contributed by atoms with Crippen LogP contribution in [0.1, 0.15) is 104 Å². The summed E-state index contributed by atoms with van der Waals surface area (Å²) in [6, 6.07) is 0. The number of rotatable bonds is 15. The summed E-state index contributed by atoms with van der Waals surface area (Å²) in [5.74, 6) is 0.0800. The second kappa shape index (κ2) is 13.5. The third-order valence-electron chi connectivity index (χ3n) is 4.92. The van der Waals surface area contributed by atoms with Crippen LogP contribution in [-0.4, -0.2) is 12.0 Å². The molecule has 1 rings (SSSR count). The fourth-order valence-electron chi connectivity index (χ4n) is 3.32. The van der Waals surface area contributed by atoms with Gasteiger partial charge in [0.2, 0.25) is 6.10 Å². The molecular weight excluding hydrogens is 288 g/mol. The van der Waals surface area contributed by atoms with Gasteiger partial charge in [-0.2, -0.15) is 0 Å². The van der Waals surface area contributed by atoms with Gasteiger partial charge in [0, 0.05) is 11.2 Å². The van der Waals surface area contributed by atoms with Gasteiger partial charge in [-0.15, -0.1) is 0 Å². The van der Waals surface area contributed by atoms with Crippen molar-refractivity contribution in [3.8, 4) is 0 Å². The van der Waals surface area contributed by atoms with Crippen LogP contribution in [0.15, 0.2) is 10.4 Å². The first kappa shape index (κ1) is 20.1. The predicted molar refractivity (Wildman–Crippen MR) is 94.2 cm³/mol. The van der Waals surface area contributed by atoms with Gasteiger partial charge in [-0.25, -0.2) is 0 Å². The summed E-state index contributed by atoms with van der Waals surface area (Å²) in [6.45, 7) is 4.38. The van der Waals surface area contributed by atoms with Gasteiger partial charge in [-0.1, -0.05) is 96.0 Å². The van der Waals surface area contributed by atoms with Crippen LogP contribution in [0.4, 0.5) is 0 Å². The Labute approximate surface area is 142 Å². The Morgan fingerprint density at radius 3 is 1.83 bits per heavy atom. The molecule has 4 heteroatoms. The van der Waals surface area contributed by atoms with E-state index in [1.807, 2.05) is 0 Å². The monoisotopic (exact) mass is 324 g/mol. The first-order valence-electron chi connectivity index (χ1n) is 9.90. The van der Waals surface area contributed by atoms with Crippen LogP contribution in [0.25, 0.3) is 0 Å². The second-order valence-corrected chi connectivity index (χ2v) is 6.89. The maximum absolute atomic E-state index is 11.5. The Kier molecular flexibility index (Phi) is 11.8. The molecule has 4 nitrogen and oxygen atoms in total. The smallest absolute Gasteiger partial charge is 0.311 e. The standard InChI is InChI=1S/C19H36N2O2/c1-3-5-6-7-8-9-10-11-12-13-14-15-16-17(4-2)18-19(22)20-21-23-18/h17-18H,3-16H2,1-2H3. The van der Waals surface area contributed by atoms with Crippen LogP contribution >= 0.6 is 0 Å². The van der Waals surface area contributed by atoms with Gasteiger partial charge in [0.05, 0.1) is 0 Å². The minimum Gasteiger partial charge on any atom is -0.365 e. The van der Waals surface area contributed by atoms with E-state index in [1.54, 1.807) is 0 Å². The zero-order valence-electron chi connectivity index (χ0n) is 15.3. The van der Waals surface area contributed by atoms with E-state index < -0.39 is 6.10 Å². The molecule has 1 amide bonds. The zero-order chi connectivity index (χ0) is 16.8. The molecule has 1 heterocycles. The minimum atomic E-state index is -0.410. The maximum atomic E-state index is 11.5. The number of carbonyl (C=O) groups excluding carboxylic acids is 1. The molecule has 0 aliphatic carbocycles. The Bertz CT molecular complexity index is 331. The van der Waals surface area contributed by atoms with Crippen LogP contribution in [-0.2, 0) is 9.63 Å². The van der Waals surface area contributed by atoms with Crippen molar-refractivity contribution in [3.63, 3.8) is 0 Å². The van der Waals surface area contributed by atoms with Crippen molar-refractivity contribution in [2.45, 2.75) is 110 Å². The summed E-state index contributed by atoms with van der Waals surface area (Å²) in [4.78, 5) is 16.6. The number of carbonyl (C=O) groups is 1. The molecule has 1 aliphatic rings. The highest BCUT2D eigenvalue weighted by atomic mass is 16.7. The largest absolute Gasteiger partial charge is 0.365 e. The minimum absolute atomic E-state index is 0.198. The Balaban J connectivity index is 1.88. The van der Waals surface area contributed by atoms with E-state index in [2.05, 4.69) is 24.2 Å². The van der Waals surface area contributed by atoms with Crippen molar-refractivity contribution in [1.29, 1.82) is 0 Å². The molecule has 0 aromatic heterocycles. The molecule has 1 aliphatic heterocycles. The van der Waals surface area contributed by atoms with E-state index in [1.165, 1.54) is 77.0 Å². The summed E-state index contributed by atoms with van der Waals surface area (Å²) in [5.41, 5.74) is 0. The molecule has 0 N–H and O–H groups in total. The fraction of sp³-hybridized carbons (Fsp3) is 0.947. The van der Waals surface area contributed by atoms with Crippen molar-refractivity contribution in [3.05, 3.63) is 0 Å². The third kappa shape index (κ3) is 9.07. The molecule has 0 aromatic carbocycles. The van der Waals surface area contributed by atoms with Crippen molar-refractivity contribution in [2.24, 2.45) is 16.3 Å². The van der Waals surface area contributed by atoms with E-state index in [4.69, 9.17) is 4.84 Å². The van der Waals surface area contributed by atoms with E-state index in [0.29, 0.717) is 0 Å². The Hall–Kier alpha value is -0.930. The lowest BCUT2D eigenvalue weighted by atomic mass is 9.92. The van der Waals surface area contributed by atoms with Gasteiger partial charge in [0.1, 0.15) is 0 Å². The van der Waals surface area contributed by atoms with Crippen molar-refractivity contribution in [1.82, 2.24) is 0 Å². The summed E-state index contributed by atoms with van der Waals surface area (Å²) in [6.07, 6.45) is 17.9. The van der Waals surface area contributed by atoms with Crippen LogP contribution in [0.2, 0.25) is 0 Å². The molecule has 0 saturated carbocycles. The summed E-state index contributed by atoms with van der Waals surface area (Å²) < 4.78 is 0. The maximum Gasteiger partial charge on any atom is 0.311 e. The van der Waals surface area contributed by atoms with Crippen LogP contribution in [0.3, 0.4) is 0 Å². The van der Waals surface area contributed by atoms with Crippen molar-refractivity contribution >= 4 is 5.91 Å². The molecule has 2 atom stereocenters. The molecular formula is C19H36N2O2. The fourth-order valence-corrected chi connectivity index (χ4v) is 3.32. The number of unbranched alkanes of at least 4 members (excludes halogenated alkanes) is 11. The van der Waals surface area contributed by atoms with E-state index in [0.717, 1.165) is 12.8 Å². The first-order chi connectivity index (χ1) is 11.3. The average Bonchev–Trinajstić information content (AvgIpc) is 2.98. The molecule has 0 aromatic rings. The van der Waals surface area contributed by atoms with Gasteiger partial charge in [-0.05, 0) is 12.8 Å². The highest BCUT2D eigenvalue weighted by molar-refractivity contribution is 5.82. The normalized spacial score (nSPS) is 18.3. The van der Waals surface area contributed by atoms with Gasteiger partial charge < -0.3 is 4.84 Å². The molecule has 0 fully saturated rings. The number of amides is 1. The zero-order valence-corrected chi connectivity index (χ0v) is 15.3. The summed E-state index contributed by atoms with van der Waals surface area (Å²) in [7, 11) is 0. The van der Waals surface area contributed by atoms with Crippen LogP contribution in [0.5, 0.6) is 0 Å². The number of nitrogens with zero attached hydrogens (tertiary/aromatic N) is 2. The SMILES string of the molecule is CCCCCCCCCCCCCCC(CC)C1ON=NC1=O. The second-order valence-electron chi connectivity index (χ2n) is 6.89. The number of hydrogen-bond donors (Lipinski definition) is 0. The summed E-state index contributed by atoms with van der Waals surface area (Å²) in [5, 5.41) is 6.86. The van der Waals surface area contributed by atoms with Crippen LogP contribution in [0, 0.1) is 5.92 Å². The lowest BCUT2D eigenvalue weighted by molar-refractivity contribution is -0.126. The van der Waals surface area contributed by atoms with E-state index >= 15 is 0 Å². The Morgan fingerprint density at radius 1 is 0.870 bits per heavy atom. The topological polar surface area (TPSA) is 51.0 Å². The van der Waals surface area contributed by atoms with Gasteiger partial charge in [0.15, 0.2) is 0 Å². The summed E-state index contributed by atoms with van der Waals surface area (Å²) >= 11 is 0. The highest BCUT2D eigenvalue weighted by Crippen LogP contribution is 2.24. The van der Waals surface area contributed by atoms with Gasteiger partial charge >= 0.3 is 5.91 Å². The molecule has 0 radical (unpaired) electrons. The van der Waals surface area contributed by atoms with E-state index in [-0.39, 0.29) is 11.8 Å². The average molecular weight is 325 g/mol. The Morgan fingerprint density at radius 2 is 1.39 bits per heavy atom. The molecule has 0 spiro atoms. The van der Waals surface area contributed by atoms with Crippen LogP contribution < -0.4 is 0 Å². The molecule has 134 valence electrons. The lowest BCUT2D eigenvalue weighted by Crippen LogP contribution is -2.26. The molecule has 0 saturated heterocycles. The predicted octanol–water partition coefficient (Wildman–Crippen LogP) is 6.40. The van der Waals surface area contributed by atoms with Gasteiger partial charge in [-0.3, -0.25) is 4.79 Å². The van der Waals surface area contributed by atoms with Crippen molar-refractivity contribution in [2.75, 3.05) is 0 Å². The van der Waals surface area contributed by atoms with Crippen molar-refractivity contribution < 1.29 is 9.63 Å². The number of hydrogen-bond acceptors (Lipinski definition) is 3.